The fourth-order valence-electron chi connectivity index (χ4n) is 5.84. The van der Waals surface area contributed by atoms with Crippen LogP contribution in [-0.4, -0.2) is 19.2 Å². The number of nitrogens with zero attached hydrogens (tertiary/aromatic N) is 1. The first-order valence-electron chi connectivity index (χ1n) is 14.5. The minimum Gasteiger partial charge on any atom is -0.254 e. The van der Waals surface area contributed by atoms with E-state index in [9.17, 15) is 13.2 Å². The average molecular weight is 604 g/mol. The summed E-state index contributed by atoms with van der Waals surface area (Å²) in [4.78, 5) is 6.24. The number of hydrogen-bond donors (Lipinski definition) is 0. The molecule has 1 nitrogen and oxygen atoms in total. The largest absolute Gasteiger partial charge is 0.394 e. The van der Waals surface area contributed by atoms with Crippen molar-refractivity contribution in [3.8, 4) is 21.7 Å². The molecule has 0 aliphatic rings. The van der Waals surface area contributed by atoms with Crippen LogP contribution < -0.4 is 5.19 Å². The molecule has 0 N–H and O–H groups in total. The lowest BCUT2D eigenvalue weighted by Gasteiger charge is -2.27. The van der Waals surface area contributed by atoms with E-state index in [0.29, 0.717) is 5.56 Å². The topological polar surface area (TPSA) is 12.9 Å². The fourth-order valence-corrected chi connectivity index (χ4v) is 10.2. The van der Waals surface area contributed by atoms with Crippen LogP contribution in [0.2, 0.25) is 19.6 Å². The number of alkyl halides is 3. The Morgan fingerprint density at radius 1 is 0.833 bits per heavy atom. The van der Waals surface area contributed by atoms with Crippen molar-refractivity contribution in [1.82, 2.24) is 4.98 Å². The van der Waals surface area contributed by atoms with Crippen molar-refractivity contribution in [3.05, 3.63) is 83.6 Å². The zero-order valence-corrected chi connectivity index (χ0v) is 27.9. The van der Waals surface area contributed by atoms with Crippen LogP contribution in [0.25, 0.3) is 42.6 Å². The quantitative estimate of drug-likeness (QED) is 0.182. The standard InChI is InChI=1S/C36H40F3NSSi/c1-22-21-40-30(26-18-25-12-10-11-13-27(25)28(19-26)34(2,3)4)32-29(22)33(42(7,8)9)31(41-32)24-16-14-23(15-17-24)20-35(5,6)36(37,38)39/h10-19,21H,20H2,1-9H3. The van der Waals surface area contributed by atoms with E-state index in [-0.39, 0.29) is 11.8 Å². The average Bonchev–Trinajstić information content (AvgIpc) is 3.29. The Bertz CT molecular complexity index is 1780. The molecule has 0 atom stereocenters. The predicted molar refractivity (Wildman–Crippen MR) is 178 cm³/mol. The summed E-state index contributed by atoms with van der Waals surface area (Å²) >= 11 is 1.77. The van der Waals surface area contributed by atoms with Crippen molar-refractivity contribution in [1.29, 1.82) is 0 Å². The maximum absolute atomic E-state index is 13.6. The highest BCUT2D eigenvalue weighted by molar-refractivity contribution is 7.25. The summed E-state index contributed by atoms with van der Waals surface area (Å²) in [5, 5.41) is 5.14. The van der Waals surface area contributed by atoms with Gasteiger partial charge in [0.05, 0.1) is 23.9 Å². The molecule has 2 heterocycles. The van der Waals surface area contributed by atoms with E-state index in [0.717, 1.165) is 22.4 Å². The van der Waals surface area contributed by atoms with Gasteiger partial charge in [-0.3, -0.25) is 4.98 Å². The second kappa shape index (κ2) is 10.3. The Balaban J connectivity index is 1.72. The second-order valence-corrected chi connectivity index (χ2v) is 20.3. The Morgan fingerprint density at radius 3 is 2.07 bits per heavy atom. The Morgan fingerprint density at radius 2 is 1.48 bits per heavy atom. The molecule has 0 radical (unpaired) electrons. The highest BCUT2D eigenvalue weighted by Crippen LogP contribution is 2.43. The molecule has 0 spiro atoms. The van der Waals surface area contributed by atoms with E-state index in [2.05, 4.69) is 83.7 Å². The van der Waals surface area contributed by atoms with E-state index in [1.165, 1.54) is 50.3 Å². The zero-order chi connectivity index (χ0) is 30.8. The third-order valence-electron chi connectivity index (χ3n) is 8.23. The number of fused-ring (bicyclic) bond motifs is 2. The molecule has 0 aliphatic heterocycles. The highest BCUT2D eigenvalue weighted by Gasteiger charge is 2.47. The van der Waals surface area contributed by atoms with Crippen LogP contribution in [0.5, 0.6) is 0 Å². The first-order chi connectivity index (χ1) is 19.4. The summed E-state index contributed by atoms with van der Waals surface area (Å²) in [6.45, 7) is 18.5. The predicted octanol–water partition coefficient (Wildman–Crippen LogP) is 11.1. The number of hydrogen-bond acceptors (Lipinski definition) is 2. The molecule has 0 saturated carbocycles. The number of benzene rings is 3. The molecule has 0 unspecified atom stereocenters. The number of pyridine rings is 1. The van der Waals surface area contributed by atoms with Crippen LogP contribution >= 0.6 is 11.3 Å². The molecule has 0 amide bonds. The molecule has 6 heteroatoms. The molecule has 0 fully saturated rings. The van der Waals surface area contributed by atoms with E-state index < -0.39 is 19.7 Å². The number of halogens is 3. The minimum atomic E-state index is -4.25. The van der Waals surface area contributed by atoms with Gasteiger partial charge in [0.2, 0.25) is 0 Å². The Kier molecular flexibility index (Phi) is 7.51. The monoisotopic (exact) mass is 603 g/mol. The van der Waals surface area contributed by atoms with Gasteiger partial charge in [-0.05, 0) is 74.5 Å². The minimum absolute atomic E-state index is 0.0358. The normalized spacial score (nSPS) is 13.3. The van der Waals surface area contributed by atoms with Crippen LogP contribution in [0.15, 0.2) is 66.9 Å². The van der Waals surface area contributed by atoms with E-state index in [1.807, 2.05) is 30.5 Å². The lowest BCUT2D eigenvalue weighted by Crippen LogP contribution is -2.38. The smallest absolute Gasteiger partial charge is 0.254 e. The van der Waals surface area contributed by atoms with Gasteiger partial charge in [0.15, 0.2) is 0 Å². The van der Waals surface area contributed by atoms with Gasteiger partial charge < -0.3 is 0 Å². The van der Waals surface area contributed by atoms with Crippen molar-refractivity contribution in [3.63, 3.8) is 0 Å². The Labute approximate surface area is 252 Å². The molecule has 0 aliphatic carbocycles. The van der Waals surface area contributed by atoms with Crippen molar-refractivity contribution in [2.24, 2.45) is 5.41 Å². The summed E-state index contributed by atoms with van der Waals surface area (Å²) in [6.07, 6.45) is -2.29. The molecule has 220 valence electrons. The van der Waals surface area contributed by atoms with Gasteiger partial charge in [0, 0.05) is 16.6 Å². The number of aryl methyl sites for hydroxylation is 1. The maximum Gasteiger partial charge on any atom is 0.394 e. The van der Waals surface area contributed by atoms with Gasteiger partial charge in [0.25, 0.3) is 0 Å². The molecular weight excluding hydrogens is 564 g/mol. The molecule has 3 aromatic carbocycles. The number of rotatable bonds is 5. The van der Waals surface area contributed by atoms with Crippen molar-refractivity contribution < 1.29 is 13.2 Å². The van der Waals surface area contributed by atoms with E-state index in [1.54, 1.807) is 11.3 Å². The van der Waals surface area contributed by atoms with E-state index in [4.69, 9.17) is 4.98 Å². The van der Waals surface area contributed by atoms with Gasteiger partial charge in [0.1, 0.15) is 0 Å². The van der Waals surface area contributed by atoms with Gasteiger partial charge >= 0.3 is 6.18 Å². The van der Waals surface area contributed by atoms with Gasteiger partial charge in [-0.1, -0.05) is 103 Å². The summed E-state index contributed by atoms with van der Waals surface area (Å²) in [5.74, 6) is 0. The third-order valence-corrected chi connectivity index (χ3v) is 11.7. The molecule has 42 heavy (non-hydrogen) atoms. The molecule has 0 saturated heterocycles. The fraction of sp³-hybridized carbons (Fsp3) is 0.361. The van der Waals surface area contributed by atoms with Gasteiger partial charge in [-0.15, -0.1) is 11.3 Å². The third kappa shape index (κ3) is 5.56. The summed E-state index contributed by atoms with van der Waals surface area (Å²) in [5.41, 5.74) is 4.50. The summed E-state index contributed by atoms with van der Waals surface area (Å²) in [6, 6.07) is 20.9. The van der Waals surface area contributed by atoms with Gasteiger partial charge in [-0.25, -0.2) is 0 Å². The lowest BCUT2D eigenvalue weighted by molar-refractivity contribution is -0.211. The second-order valence-electron chi connectivity index (χ2n) is 14.3. The summed E-state index contributed by atoms with van der Waals surface area (Å²) in [7, 11) is -1.86. The first kappa shape index (κ1) is 30.5. The number of aromatic nitrogens is 1. The SMILES string of the molecule is Cc1cnc(-c2cc(C(C)(C)C)c3ccccc3c2)c2sc(-c3ccc(CC(C)(C)C(F)(F)F)cc3)c([Si](C)(C)C)c12. The Hall–Kier alpha value is -2.96. The van der Waals surface area contributed by atoms with Crippen LogP contribution in [0.4, 0.5) is 13.2 Å². The molecule has 2 aromatic heterocycles. The van der Waals surface area contributed by atoms with Crippen LogP contribution in [0.1, 0.15) is 51.3 Å². The van der Waals surface area contributed by atoms with Crippen molar-refractivity contribution >= 4 is 45.5 Å². The molecule has 5 aromatic rings. The molecular formula is C36H40F3NSSi. The van der Waals surface area contributed by atoms with Crippen LogP contribution in [-0.2, 0) is 11.8 Å². The first-order valence-corrected chi connectivity index (χ1v) is 18.8. The van der Waals surface area contributed by atoms with Crippen molar-refractivity contribution in [2.45, 2.75) is 79.2 Å². The zero-order valence-electron chi connectivity index (χ0n) is 26.0. The van der Waals surface area contributed by atoms with E-state index >= 15 is 0 Å². The van der Waals surface area contributed by atoms with Crippen LogP contribution in [0.3, 0.4) is 0 Å². The molecule has 0 bridgehead atoms. The van der Waals surface area contributed by atoms with Crippen LogP contribution in [0, 0.1) is 12.3 Å². The summed E-state index contributed by atoms with van der Waals surface area (Å²) < 4.78 is 41.9. The van der Waals surface area contributed by atoms with Gasteiger partial charge in [-0.2, -0.15) is 13.2 Å². The lowest BCUT2D eigenvalue weighted by atomic mass is 9.82. The molecule has 5 rings (SSSR count). The highest BCUT2D eigenvalue weighted by atomic mass is 32.1. The maximum atomic E-state index is 13.6. The van der Waals surface area contributed by atoms with Crippen molar-refractivity contribution in [2.75, 3.05) is 0 Å². The number of thiophene rings is 1.